The van der Waals surface area contributed by atoms with Crippen LogP contribution in [-0.2, 0) is 20.5 Å². The van der Waals surface area contributed by atoms with Crippen LogP contribution in [-0.4, -0.2) is 18.4 Å². The van der Waals surface area contributed by atoms with E-state index < -0.39 is 29.4 Å². The predicted molar refractivity (Wildman–Crippen MR) is 76.5 cm³/mol. The van der Waals surface area contributed by atoms with Crippen LogP contribution in [0.5, 0.6) is 0 Å². The summed E-state index contributed by atoms with van der Waals surface area (Å²) in [7, 11) is 0. The average Bonchev–Trinajstić information content (AvgIpc) is 3.09. The van der Waals surface area contributed by atoms with Crippen molar-refractivity contribution >= 4 is 11.8 Å². The van der Waals surface area contributed by atoms with Crippen molar-refractivity contribution in [1.29, 1.82) is 0 Å². The van der Waals surface area contributed by atoms with Crippen molar-refractivity contribution in [3.63, 3.8) is 0 Å². The van der Waals surface area contributed by atoms with E-state index in [1.54, 1.807) is 0 Å². The lowest BCUT2D eigenvalue weighted by molar-refractivity contribution is -0.140. The fourth-order valence-electron chi connectivity index (χ4n) is 3.55. The van der Waals surface area contributed by atoms with Gasteiger partial charge in [0.2, 0.25) is 0 Å². The largest absolute Gasteiger partial charge is 0.456 e. The summed E-state index contributed by atoms with van der Waals surface area (Å²) >= 11 is 0. The standard InChI is InChI=1S/C17H11F4NO3/c18-9-2-1-7(5-8(9)17(19,20)21)13-14-10(3-4-12(14)23)22-11-6-25-16(24)15(11)13/h1-2,5,13,22H,3-4,6H2/t13-/m1/s1. The number of cyclic esters (lactones) is 1. The number of halogens is 4. The quantitative estimate of drug-likeness (QED) is 0.623. The number of esters is 1. The number of rotatable bonds is 1. The van der Waals surface area contributed by atoms with Crippen molar-refractivity contribution in [2.75, 3.05) is 6.61 Å². The van der Waals surface area contributed by atoms with Crippen LogP contribution in [0.2, 0.25) is 0 Å². The van der Waals surface area contributed by atoms with Gasteiger partial charge in [-0.05, 0) is 24.1 Å². The topological polar surface area (TPSA) is 55.4 Å². The molecular formula is C17H11F4NO3. The van der Waals surface area contributed by atoms with E-state index in [4.69, 9.17) is 4.74 Å². The van der Waals surface area contributed by atoms with Crippen LogP contribution in [0.4, 0.5) is 17.6 Å². The first kappa shape index (κ1) is 15.9. The molecule has 3 aliphatic rings. The molecule has 0 saturated heterocycles. The molecule has 8 heteroatoms. The second-order valence-corrected chi connectivity index (χ2v) is 6.08. The van der Waals surface area contributed by atoms with E-state index >= 15 is 0 Å². The summed E-state index contributed by atoms with van der Waals surface area (Å²) in [4.78, 5) is 24.4. The molecule has 130 valence electrons. The second-order valence-electron chi connectivity index (χ2n) is 6.08. The highest BCUT2D eigenvalue weighted by Crippen LogP contribution is 2.46. The van der Waals surface area contributed by atoms with Gasteiger partial charge >= 0.3 is 12.1 Å². The lowest BCUT2D eigenvalue weighted by Gasteiger charge is -2.26. The molecule has 1 aromatic rings. The maximum Gasteiger partial charge on any atom is 0.419 e. The van der Waals surface area contributed by atoms with Gasteiger partial charge in [-0.25, -0.2) is 9.18 Å². The van der Waals surface area contributed by atoms with Crippen molar-refractivity contribution < 1.29 is 31.9 Å². The van der Waals surface area contributed by atoms with E-state index in [0.29, 0.717) is 29.9 Å². The maximum absolute atomic E-state index is 13.6. The summed E-state index contributed by atoms with van der Waals surface area (Å²) in [5.74, 6) is -3.30. The van der Waals surface area contributed by atoms with Crippen molar-refractivity contribution in [2.24, 2.45) is 0 Å². The molecule has 0 aromatic heterocycles. The van der Waals surface area contributed by atoms with Crippen molar-refractivity contribution in [3.05, 3.63) is 57.7 Å². The van der Waals surface area contributed by atoms with Gasteiger partial charge in [0.15, 0.2) is 5.78 Å². The molecular weight excluding hydrogens is 342 g/mol. The zero-order valence-electron chi connectivity index (χ0n) is 12.7. The predicted octanol–water partition coefficient (Wildman–Crippen LogP) is 2.96. The molecule has 0 radical (unpaired) electrons. The van der Waals surface area contributed by atoms with Gasteiger partial charge < -0.3 is 10.1 Å². The van der Waals surface area contributed by atoms with Crippen LogP contribution >= 0.6 is 0 Å². The number of ether oxygens (including phenoxy) is 1. The number of allylic oxidation sites excluding steroid dienone is 2. The molecule has 2 heterocycles. The average molecular weight is 353 g/mol. The molecule has 0 saturated carbocycles. The third-order valence-electron chi connectivity index (χ3n) is 4.63. The molecule has 0 spiro atoms. The Bertz CT molecular complexity index is 842. The fourth-order valence-corrected chi connectivity index (χ4v) is 3.55. The molecule has 1 N–H and O–H groups in total. The van der Waals surface area contributed by atoms with Crippen LogP contribution in [0.25, 0.3) is 0 Å². The molecule has 0 fully saturated rings. The molecule has 0 bridgehead atoms. The first-order chi connectivity index (χ1) is 11.8. The molecule has 4 nitrogen and oxygen atoms in total. The summed E-state index contributed by atoms with van der Waals surface area (Å²) in [6.45, 7) is -0.0248. The molecule has 25 heavy (non-hydrogen) atoms. The number of benzene rings is 1. The van der Waals surface area contributed by atoms with Gasteiger partial charge in [0.25, 0.3) is 0 Å². The minimum atomic E-state index is -4.88. The molecule has 1 aliphatic carbocycles. The Morgan fingerprint density at radius 1 is 1.08 bits per heavy atom. The van der Waals surface area contributed by atoms with Crippen molar-refractivity contribution in [2.45, 2.75) is 24.9 Å². The van der Waals surface area contributed by atoms with Gasteiger partial charge in [0, 0.05) is 23.6 Å². The number of nitrogens with one attached hydrogen (secondary N) is 1. The SMILES string of the molecule is O=C1CCC2=C1[C@@H](c1ccc(F)c(C(F)(F)F)c1)C1=C(COC1=O)N2. The number of carbonyl (C=O) groups is 2. The minimum absolute atomic E-state index is 0.0248. The highest BCUT2D eigenvalue weighted by molar-refractivity contribution is 6.05. The van der Waals surface area contributed by atoms with E-state index in [0.717, 1.165) is 0 Å². The minimum Gasteiger partial charge on any atom is -0.456 e. The molecule has 1 atom stereocenters. The summed E-state index contributed by atoms with van der Waals surface area (Å²) in [6.07, 6.45) is -4.24. The third kappa shape index (κ3) is 2.35. The Labute approximate surface area is 139 Å². The van der Waals surface area contributed by atoms with Gasteiger partial charge in [-0.1, -0.05) is 6.07 Å². The molecule has 1 aromatic carbocycles. The lowest BCUT2D eigenvalue weighted by atomic mass is 9.80. The second kappa shape index (κ2) is 5.18. The lowest BCUT2D eigenvalue weighted by Crippen LogP contribution is -2.27. The van der Waals surface area contributed by atoms with E-state index in [2.05, 4.69) is 5.32 Å². The number of alkyl halides is 3. The van der Waals surface area contributed by atoms with Gasteiger partial charge in [0.05, 0.1) is 16.8 Å². The van der Waals surface area contributed by atoms with Crippen LogP contribution in [0.3, 0.4) is 0 Å². The molecule has 0 unspecified atom stereocenters. The first-order valence-corrected chi connectivity index (χ1v) is 7.57. The van der Waals surface area contributed by atoms with E-state index in [1.165, 1.54) is 6.07 Å². The smallest absolute Gasteiger partial charge is 0.419 e. The molecule has 4 rings (SSSR count). The Morgan fingerprint density at radius 2 is 1.84 bits per heavy atom. The van der Waals surface area contributed by atoms with Crippen molar-refractivity contribution in [3.8, 4) is 0 Å². The number of hydrogen-bond acceptors (Lipinski definition) is 4. The van der Waals surface area contributed by atoms with Crippen LogP contribution in [0.1, 0.15) is 29.9 Å². The first-order valence-electron chi connectivity index (χ1n) is 7.57. The molecule has 2 aliphatic heterocycles. The third-order valence-corrected chi connectivity index (χ3v) is 4.63. The number of Topliss-reactive ketones (excluding diaryl/α,β-unsaturated/α-hetero) is 1. The Morgan fingerprint density at radius 3 is 2.56 bits per heavy atom. The van der Waals surface area contributed by atoms with Crippen LogP contribution in [0.15, 0.2) is 40.7 Å². The van der Waals surface area contributed by atoms with Crippen molar-refractivity contribution in [1.82, 2.24) is 5.32 Å². The zero-order chi connectivity index (χ0) is 17.9. The molecule has 0 amide bonds. The van der Waals surface area contributed by atoms with Crippen LogP contribution in [0, 0.1) is 5.82 Å². The number of carbonyl (C=O) groups excluding carboxylic acids is 2. The number of dihydropyridines is 1. The van der Waals surface area contributed by atoms with E-state index in [-0.39, 0.29) is 35.5 Å². The maximum atomic E-state index is 13.6. The highest BCUT2D eigenvalue weighted by atomic mass is 19.4. The number of ketones is 1. The van der Waals surface area contributed by atoms with Gasteiger partial charge in [-0.15, -0.1) is 0 Å². The normalized spacial score (nSPS) is 22.8. The Hall–Kier alpha value is -2.64. The van der Waals surface area contributed by atoms with Gasteiger partial charge in [0.1, 0.15) is 12.4 Å². The van der Waals surface area contributed by atoms with E-state index in [9.17, 15) is 27.2 Å². The van der Waals surface area contributed by atoms with Gasteiger partial charge in [-0.2, -0.15) is 13.2 Å². The summed E-state index contributed by atoms with van der Waals surface area (Å²) in [5.41, 5.74) is 0.0336. The zero-order valence-corrected chi connectivity index (χ0v) is 12.7. The highest BCUT2D eigenvalue weighted by Gasteiger charge is 2.44. The van der Waals surface area contributed by atoms with Gasteiger partial charge in [-0.3, -0.25) is 4.79 Å². The summed E-state index contributed by atoms with van der Waals surface area (Å²) in [5, 5.41) is 2.99. The van der Waals surface area contributed by atoms with Crippen LogP contribution < -0.4 is 5.32 Å². The van der Waals surface area contributed by atoms with E-state index in [1.807, 2.05) is 0 Å². The fraction of sp³-hybridized carbons (Fsp3) is 0.294. The Kier molecular flexibility index (Phi) is 3.28. The Balaban J connectivity index is 1.90. The monoisotopic (exact) mass is 353 g/mol. The summed E-state index contributed by atoms with van der Waals surface area (Å²) in [6, 6.07) is 2.55. The summed E-state index contributed by atoms with van der Waals surface area (Å²) < 4.78 is 57.7. The number of hydrogen-bond donors (Lipinski definition) is 1.